The summed E-state index contributed by atoms with van der Waals surface area (Å²) < 4.78 is 2.12. The fourth-order valence-corrected chi connectivity index (χ4v) is 3.32. The molecule has 0 aliphatic carbocycles. The number of halogens is 1. The van der Waals surface area contributed by atoms with E-state index in [1.807, 2.05) is 13.1 Å². The summed E-state index contributed by atoms with van der Waals surface area (Å²) in [6, 6.07) is 2.63. The first-order valence-corrected chi connectivity index (χ1v) is 7.46. The molecule has 2 aromatic rings. The summed E-state index contributed by atoms with van der Waals surface area (Å²) >= 11 is 1.59. The molecule has 0 spiro atoms. The maximum atomic E-state index is 5.66. The Balaban J connectivity index is 0.00000147. The lowest BCUT2D eigenvalue weighted by Gasteiger charge is -2.31. The molecule has 0 saturated carbocycles. The second kappa shape index (κ2) is 6.56. The van der Waals surface area contributed by atoms with Gasteiger partial charge >= 0.3 is 0 Å². The Morgan fingerprint density at radius 3 is 2.70 bits per heavy atom. The first-order chi connectivity index (χ1) is 9.20. The van der Waals surface area contributed by atoms with Crippen LogP contribution in [0.4, 0.5) is 5.13 Å². The summed E-state index contributed by atoms with van der Waals surface area (Å²) in [6.45, 7) is 5.24. The van der Waals surface area contributed by atoms with Crippen molar-refractivity contribution in [1.29, 1.82) is 0 Å². The molecular weight excluding hydrogens is 294 g/mol. The Bertz CT molecular complexity index is 544. The molecule has 2 N–H and O–H groups in total. The normalized spacial score (nSPS) is 17.1. The van der Waals surface area contributed by atoms with Gasteiger partial charge in [0.1, 0.15) is 0 Å². The van der Waals surface area contributed by atoms with Gasteiger partial charge in [-0.15, -0.1) is 23.7 Å². The van der Waals surface area contributed by atoms with Gasteiger partial charge in [0, 0.05) is 36.9 Å². The van der Waals surface area contributed by atoms with E-state index in [1.54, 1.807) is 11.3 Å². The van der Waals surface area contributed by atoms with Crippen LogP contribution in [0.3, 0.4) is 0 Å². The quantitative estimate of drug-likeness (QED) is 0.945. The van der Waals surface area contributed by atoms with Gasteiger partial charge in [0.15, 0.2) is 5.13 Å². The third kappa shape index (κ3) is 3.50. The van der Waals surface area contributed by atoms with Crippen molar-refractivity contribution in [2.75, 3.05) is 18.8 Å². The number of rotatable bonds is 3. The van der Waals surface area contributed by atoms with Gasteiger partial charge in [-0.25, -0.2) is 4.98 Å². The Labute approximate surface area is 129 Å². The minimum absolute atomic E-state index is 0. The highest BCUT2D eigenvalue weighted by Gasteiger charge is 2.21. The summed E-state index contributed by atoms with van der Waals surface area (Å²) in [5, 5.41) is 5.18. The third-order valence-electron chi connectivity index (χ3n) is 3.62. The van der Waals surface area contributed by atoms with E-state index in [2.05, 4.69) is 31.9 Å². The van der Waals surface area contributed by atoms with E-state index in [0.29, 0.717) is 11.2 Å². The topological polar surface area (TPSA) is 60.0 Å². The number of hydrogen-bond donors (Lipinski definition) is 1. The molecule has 1 fully saturated rings. The summed E-state index contributed by atoms with van der Waals surface area (Å²) in [5.41, 5.74) is 6.76. The van der Waals surface area contributed by atoms with Crippen LogP contribution in [-0.4, -0.2) is 32.8 Å². The zero-order valence-corrected chi connectivity index (χ0v) is 13.2. The maximum absolute atomic E-state index is 5.66. The van der Waals surface area contributed by atoms with Gasteiger partial charge in [0.25, 0.3) is 0 Å². The second-order valence-electron chi connectivity index (χ2n) is 5.11. The Kier molecular flexibility index (Phi) is 5.01. The number of aromatic nitrogens is 3. The molecule has 3 heterocycles. The van der Waals surface area contributed by atoms with Crippen molar-refractivity contribution < 1.29 is 0 Å². The zero-order valence-electron chi connectivity index (χ0n) is 11.5. The summed E-state index contributed by atoms with van der Waals surface area (Å²) in [6.07, 6.45) is 6.31. The predicted molar refractivity (Wildman–Crippen MR) is 84.3 cm³/mol. The largest absolute Gasteiger partial charge is 0.375 e. The number of anilines is 1. The first-order valence-electron chi connectivity index (χ1n) is 6.65. The molecule has 0 bridgehead atoms. The number of piperidine rings is 1. The molecule has 0 aromatic carbocycles. The standard InChI is InChI=1S/C13H19N5S.ClH/c1-10-2-7-18(16-10)11-3-5-17(6-4-11)9-12-8-15-13(14)19-12;/h2,7-8,11H,3-6,9H2,1H3,(H2,14,15);1H. The first kappa shape index (κ1) is 15.3. The minimum Gasteiger partial charge on any atom is -0.375 e. The van der Waals surface area contributed by atoms with Gasteiger partial charge in [-0.05, 0) is 25.8 Å². The van der Waals surface area contributed by atoms with Crippen LogP contribution in [0.15, 0.2) is 18.5 Å². The van der Waals surface area contributed by atoms with Crippen molar-refractivity contribution >= 4 is 28.9 Å². The van der Waals surface area contributed by atoms with Crippen LogP contribution in [0.5, 0.6) is 0 Å². The second-order valence-corrected chi connectivity index (χ2v) is 6.26. The summed E-state index contributed by atoms with van der Waals surface area (Å²) in [7, 11) is 0. The van der Waals surface area contributed by atoms with Crippen LogP contribution in [0.25, 0.3) is 0 Å². The van der Waals surface area contributed by atoms with Gasteiger partial charge in [0.2, 0.25) is 0 Å². The van der Waals surface area contributed by atoms with Crippen LogP contribution in [0, 0.1) is 6.92 Å². The lowest BCUT2D eigenvalue weighted by molar-refractivity contribution is 0.174. The molecule has 5 nitrogen and oxygen atoms in total. The molecule has 0 amide bonds. The molecule has 2 aromatic heterocycles. The highest BCUT2D eigenvalue weighted by atomic mass is 35.5. The van der Waals surface area contributed by atoms with E-state index in [-0.39, 0.29) is 12.4 Å². The molecule has 1 saturated heterocycles. The number of nitrogen functional groups attached to an aromatic ring is 1. The van der Waals surface area contributed by atoms with Crippen LogP contribution in [-0.2, 0) is 6.54 Å². The smallest absolute Gasteiger partial charge is 0.180 e. The lowest BCUT2D eigenvalue weighted by Crippen LogP contribution is -2.34. The van der Waals surface area contributed by atoms with E-state index in [1.165, 1.54) is 4.88 Å². The fraction of sp³-hybridized carbons (Fsp3) is 0.538. The van der Waals surface area contributed by atoms with Crippen LogP contribution >= 0.6 is 23.7 Å². The predicted octanol–water partition coefficient (Wildman–Crippen LogP) is 2.49. The molecule has 0 radical (unpaired) electrons. The molecule has 7 heteroatoms. The number of nitrogens with zero attached hydrogens (tertiary/aromatic N) is 4. The Hall–Kier alpha value is -1.11. The Morgan fingerprint density at radius 2 is 2.15 bits per heavy atom. The minimum atomic E-state index is 0. The van der Waals surface area contributed by atoms with Crippen LogP contribution < -0.4 is 5.73 Å². The van der Waals surface area contributed by atoms with Gasteiger partial charge in [-0.2, -0.15) is 5.10 Å². The van der Waals surface area contributed by atoms with E-state index >= 15 is 0 Å². The molecule has 3 rings (SSSR count). The zero-order chi connectivity index (χ0) is 13.2. The lowest BCUT2D eigenvalue weighted by atomic mass is 10.1. The molecule has 20 heavy (non-hydrogen) atoms. The van der Waals surface area contributed by atoms with Crippen molar-refractivity contribution in [3.8, 4) is 0 Å². The van der Waals surface area contributed by atoms with Crippen molar-refractivity contribution in [1.82, 2.24) is 19.7 Å². The number of thiazole rings is 1. The maximum Gasteiger partial charge on any atom is 0.180 e. The SMILES string of the molecule is Cc1ccn(C2CCN(Cc3cnc(N)s3)CC2)n1.Cl. The number of aryl methyl sites for hydroxylation is 1. The molecule has 1 aliphatic heterocycles. The molecule has 0 atom stereocenters. The van der Waals surface area contributed by atoms with E-state index in [9.17, 15) is 0 Å². The van der Waals surface area contributed by atoms with Gasteiger partial charge in [-0.1, -0.05) is 0 Å². The Morgan fingerprint density at radius 1 is 1.40 bits per heavy atom. The van der Waals surface area contributed by atoms with E-state index in [4.69, 9.17) is 5.73 Å². The van der Waals surface area contributed by atoms with Crippen molar-refractivity contribution in [2.45, 2.75) is 32.4 Å². The third-order valence-corrected chi connectivity index (χ3v) is 4.44. The number of likely N-dealkylation sites (tertiary alicyclic amines) is 1. The highest BCUT2D eigenvalue weighted by molar-refractivity contribution is 7.15. The average Bonchev–Trinajstić information content (AvgIpc) is 3.00. The molecule has 110 valence electrons. The summed E-state index contributed by atoms with van der Waals surface area (Å²) in [4.78, 5) is 7.83. The van der Waals surface area contributed by atoms with Gasteiger partial charge in [-0.3, -0.25) is 9.58 Å². The van der Waals surface area contributed by atoms with Gasteiger partial charge in [0.05, 0.1) is 11.7 Å². The van der Waals surface area contributed by atoms with Crippen molar-refractivity contribution in [2.24, 2.45) is 0 Å². The monoisotopic (exact) mass is 313 g/mol. The summed E-state index contributed by atoms with van der Waals surface area (Å²) in [5.74, 6) is 0. The molecule has 1 aliphatic rings. The van der Waals surface area contributed by atoms with Crippen LogP contribution in [0.1, 0.15) is 29.5 Å². The van der Waals surface area contributed by atoms with Gasteiger partial charge < -0.3 is 5.73 Å². The molecular formula is C13H20ClN5S. The van der Waals surface area contributed by atoms with Crippen LogP contribution in [0.2, 0.25) is 0 Å². The number of nitrogens with two attached hydrogens (primary N) is 1. The molecule has 0 unspecified atom stereocenters. The van der Waals surface area contributed by atoms with Crippen molar-refractivity contribution in [3.05, 3.63) is 29.0 Å². The van der Waals surface area contributed by atoms with Crippen molar-refractivity contribution in [3.63, 3.8) is 0 Å². The highest BCUT2D eigenvalue weighted by Crippen LogP contribution is 2.24. The van der Waals surface area contributed by atoms with E-state index < -0.39 is 0 Å². The number of hydrogen-bond acceptors (Lipinski definition) is 5. The average molecular weight is 314 g/mol. The van der Waals surface area contributed by atoms with E-state index in [0.717, 1.165) is 38.2 Å². The fourth-order valence-electron chi connectivity index (χ4n) is 2.59.